The van der Waals surface area contributed by atoms with Crippen LogP contribution in [0.5, 0.6) is 5.75 Å². The molecular formula is C26H38FN7O5S. The van der Waals surface area contributed by atoms with E-state index in [2.05, 4.69) is 25.1 Å². The van der Waals surface area contributed by atoms with Gasteiger partial charge in [0, 0.05) is 58.1 Å². The lowest BCUT2D eigenvalue weighted by atomic mass is 10.0. The highest BCUT2D eigenvalue weighted by Crippen LogP contribution is 2.25. The lowest BCUT2D eigenvalue weighted by molar-refractivity contribution is 0.103. The first-order valence-electron chi connectivity index (χ1n) is 13.5. The molecule has 0 saturated carbocycles. The molecule has 0 unspecified atom stereocenters. The Labute approximate surface area is 234 Å². The van der Waals surface area contributed by atoms with E-state index in [0.29, 0.717) is 38.9 Å². The monoisotopic (exact) mass is 579 g/mol. The molecule has 4 rings (SSSR count). The summed E-state index contributed by atoms with van der Waals surface area (Å²) in [5.41, 5.74) is 6.10. The van der Waals surface area contributed by atoms with E-state index in [1.807, 2.05) is 0 Å². The molecule has 1 aromatic heterocycles. The second kappa shape index (κ2) is 13.6. The number of aliphatic hydroxyl groups excluding tert-OH is 1. The molecule has 3 heterocycles. The Hall–Kier alpha value is -2.91. The van der Waals surface area contributed by atoms with Gasteiger partial charge in [0.05, 0.1) is 30.6 Å². The molecule has 4 N–H and O–H groups in total. The Balaban J connectivity index is 1.24. The maximum absolute atomic E-state index is 13.7. The van der Waals surface area contributed by atoms with Crippen LogP contribution in [0.4, 0.5) is 16.2 Å². The highest BCUT2D eigenvalue weighted by Gasteiger charge is 2.29. The molecule has 0 bridgehead atoms. The number of hydrogen-bond donors (Lipinski definition) is 3. The average molecular weight is 580 g/mol. The molecule has 2 aliphatic heterocycles. The molecule has 0 aliphatic carbocycles. The maximum Gasteiger partial charge on any atom is 0.224 e. The van der Waals surface area contributed by atoms with Crippen LogP contribution in [0.1, 0.15) is 35.2 Å². The molecule has 2 aliphatic rings. The second-order valence-electron chi connectivity index (χ2n) is 10.1. The van der Waals surface area contributed by atoms with E-state index in [1.54, 1.807) is 4.31 Å². The van der Waals surface area contributed by atoms with Crippen molar-refractivity contribution in [3.63, 3.8) is 0 Å². The minimum atomic E-state index is -3.35. The van der Waals surface area contributed by atoms with Crippen LogP contribution in [-0.4, -0.2) is 121 Å². The van der Waals surface area contributed by atoms with Crippen LogP contribution in [0.25, 0.3) is 0 Å². The average Bonchev–Trinajstić information content (AvgIpc) is 2.94. The van der Waals surface area contributed by atoms with Crippen LogP contribution in [0.3, 0.4) is 0 Å². The zero-order valence-corrected chi connectivity index (χ0v) is 23.6. The summed E-state index contributed by atoms with van der Waals surface area (Å²) < 4.78 is 46.2. The van der Waals surface area contributed by atoms with Gasteiger partial charge in [-0.2, -0.15) is 4.98 Å². The Kier molecular flexibility index (Phi) is 10.2. The molecule has 0 spiro atoms. The van der Waals surface area contributed by atoms with Gasteiger partial charge in [-0.1, -0.05) is 0 Å². The normalized spacial score (nSPS) is 18.1. The molecule has 0 atom stereocenters. The van der Waals surface area contributed by atoms with Crippen LogP contribution in [0, 0.1) is 5.82 Å². The van der Waals surface area contributed by atoms with Crippen LogP contribution < -0.4 is 15.8 Å². The number of ketones is 1. The first-order valence-corrected chi connectivity index (χ1v) is 15.1. The van der Waals surface area contributed by atoms with Crippen molar-refractivity contribution >= 4 is 27.6 Å². The van der Waals surface area contributed by atoms with Gasteiger partial charge in [0.2, 0.25) is 21.8 Å². The largest absolute Gasteiger partial charge is 0.496 e. The van der Waals surface area contributed by atoms with E-state index in [-0.39, 0.29) is 47.0 Å². The van der Waals surface area contributed by atoms with Crippen LogP contribution >= 0.6 is 0 Å². The van der Waals surface area contributed by atoms with Gasteiger partial charge >= 0.3 is 0 Å². The van der Waals surface area contributed by atoms with E-state index in [9.17, 15) is 17.6 Å². The van der Waals surface area contributed by atoms with E-state index >= 15 is 0 Å². The number of aliphatic hydroxyl groups is 1. The summed E-state index contributed by atoms with van der Waals surface area (Å²) >= 11 is 0. The number of nitrogens with zero attached hydrogens (tertiary/aromatic N) is 5. The number of piperidine rings is 1. The van der Waals surface area contributed by atoms with Gasteiger partial charge in [-0.25, -0.2) is 22.1 Å². The number of aromatic nitrogens is 2. The van der Waals surface area contributed by atoms with Crippen LogP contribution in [0.2, 0.25) is 0 Å². The number of halogens is 1. The first kappa shape index (κ1) is 30.1. The van der Waals surface area contributed by atoms with Gasteiger partial charge in [0.25, 0.3) is 0 Å². The molecule has 2 saturated heterocycles. The number of rotatable bonds is 12. The highest BCUT2D eigenvalue weighted by molar-refractivity contribution is 7.89. The Morgan fingerprint density at radius 1 is 1.12 bits per heavy atom. The van der Waals surface area contributed by atoms with Gasteiger partial charge in [-0.15, -0.1) is 0 Å². The van der Waals surface area contributed by atoms with E-state index in [1.165, 1.54) is 25.4 Å². The van der Waals surface area contributed by atoms with Crippen molar-refractivity contribution in [3.8, 4) is 5.75 Å². The fourth-order valence-electron chi connectivity index (χ4n) is 5.08. The summed E-state index contributed by atoms with van der Waals surface area (Å²) in [7, 11) is -1.96. The molecule has 1 aromatic carbocycles. The third kappa shape index (κ3) is 7.63. The number of hydrogen-bond acceptors (Lipinski definition) is 11. The summed E-state index contributed by atoms with van der Waals surface area (Å²) in [5, 5.41) is 12.2. The van der Waals surface area contributed by atoms with Gasteiger partial charge in [0.1, 0.15) is 17.4 Å². The first-order chi connectivity index (χ1) is 19.2. The summed E-state index contributed by atoms with van der Waals surface area (Å²) in [6, 6.07) is 3.59. The molecular weight excluding hydrogens is 541 g/mol. The zero-order valence-electron chi connectivity index (χ0n) is 22.8. The predicted molar refractivity (Wildman–Crippen MR) is 149 cm³/mol. The summed E-state index contributed by atoms with van der Waals surface area (Å²) in [6.45, 7) is 5.93. The third-order valence-electron chi connectivity index (χ3n) is 7.41. The second-order valence-corrected chi connectivity index (χ2v) is 12.1. The number of sulfonamides is 1. The van der Waals surface area contributed by atoms with Crippen molar-refractivity contribution in [3.05, 3.63) is 41.3 Å². The van der Waals surface area contributed by atoms with Gasteiger partial charge in [0.15, 0.2) is 0 Å². The standard InChI is InChI=1S/C26H38FN7O5S/c1-39-23-4-3-19(27)17-21(23)24(36)22-18-29-26(31-25(22)28)30-20-5-8-34(9-6-20)40(37,38)16-2-7-32-10-12-33(13-11-32)14-15-35/h3-4,17-18,20,35H,2,5-16H2,1H3,(H3,28,29,30,31). The van der Waals surface area contributed by atoms with Crippen molar-refractivity contribution in [1.29, 1.82) is 0 Å². The third-order valence-corrected chi connectivity index (χ3v) is 9.36. The number of benzene rings is 1. The predicted octanol–water partition coefficient (Wildman–Crippen LogP) is 0.644. The molecule has 14 heteroatoms. The molecule has 40 heavy (non-hydrogen) atoms. The van der Waals surface area contributed by atoms with Gasteiger partial charge < -0.3 is 25.8 Å². The van der Waals surface area contributed by atoms with Crippen LogP contribution in [-0.2, 0) is 10.0 Å². The Morgan fingerprint density at radius 2 is 1.80 bits per heavy atom. The summed E-state index contributed by atoms with van der Waals surface area (Å²) in [4.78, 5) is 25.8. The van der Waals surface area contributed by atoms with Crippen molar-refractivity contribution in [2.75, 3.05) is 82.9 Å². The maximum atomic E-state index is 13.7. The van der Waals surface area contributed by atoms with E-state index in [4.69, 9.17) is 15.6 Å². The van der Waals surface area contributed by atoms with Crippen molar-refractivity contribution < 1.29 is 27.4 Å². The van der Waals surface area contributed by atoms with Gasteiger partial charge in [-0.05, 0) is 44.0 Å². The zero-order chi connectivity index (χ0) is 28.7. The number of carbonyl (C=O) groups is 1. The number of nitrogens with two attached hydrogens (primary N) is 1. The van der Waals surface area contributed by atoms with Gasteiger partial charge in [-0.3, -0.25) is 9.69 Å². The number of nitrogens with one attached hydrogen (secondary N) is 1. The number of nitrogen functional groups attached to an aromatic ring is 1. The SMILES string of the molecule is COc1ccc(F)cc1C(=O)c1cnc(NC2CCN(S(=O)(=O)CCCN3CCN(CCO)CC3)CC2)nc1N. The molecule has 12 nitrogen and oxygen atoms in total. The lowest BCUT2D eigenvalue weighted by Crippen LogP contribution is -2.48. The molecule has 220 valence electrons. The topological polar surface area (TPSA) is 154 Å². The smallest absolute Gasteiger partial charge is 0.224 e. The number of carbonyl (C=O) groups excluding carboxylic acids is 1. The number of ether oxygens (including phenoxy) is 1. The molecule has 0 radical (unpaired) electrons. The van der Waals surface area contributed by atoms with Crippen molar-refractivity contribution in [2.24, 2.45) is 0 Å². The van der Waals surface area contributed by atoms with E-state index < -0.39 is 21.6 Å². The Morgan fingerprint density at radius 3 is 2.42 bits per heavy atom. The molecule has 2 aromatic rings. The minimum Gasteiger partial charge on any atom is -0.496 e. The van der Waals surface area contributed by atoms with Crippen molar-refractivity contribution in [2.45, 2.75) is 25.3 Å². The Bertz CT molecular complexity index is 1270. The number of piperazine rings is 1. The lowest BCUT2D eigenvalue weighted by Gasteiger charge is -2.34. The van der Waals surface area contributed by atoms with Crippen LogP contribution in [0.15, 0.2) is 24.4 Å². The van der Waals surface area contributed by atoms with E-state index in [0.717, 1.165) is 38.8 Å². The molecule has 2 fully saturated rings. The number of β-amino-alcohol motifs (C(OH)–C–C–N with tert-alkyl or cyclic N) is 1. The highest BCUT2D eigenvalue weighted by atomic mass is 32.2. The fraction of sp³-hybridized carbons (Fsp3) is 0.577. The minimum absolute atomic E-state index is 0.0210. The summed E-state index contributed by atoms with van der Waals surface area (Å²) in [5.74, 6) is -0.615. The summed E-state index contributed by atoms with van der Waals surface area (Å²) in [6.07, 6.45) is 3.04. The fourth-order valence-corrected chi connectivity index (χ4v) is 6.60. The van der Waals surface area contributed by atoms with Crippen molar-refractivity contribution in [1.82, 2.24) is 24.1 Å². The quantitative estimate of drug-likeness (QED) is 0.304. The molecule has 0 amide bonds. The number of anilines is 2. The number of methoxy groups -OCH3 is 1.